The number of ether oxygens (including phenoxy) is 1. The summed E-state index contributed by atoms with van der Waals surface area (Å²) in [7, 11) is 3.79. The fourth-order valence-electron chi connectivity index (χ4n) is 2.81. The molecule has 0 heterocycles. The molecule has 0 saturated heterocycles. The van der Waals surface area contributed by atoms with E-state index in [-0.39, 0.29) is 5.91 Å². The van der Waals surface area contributed by atoms with E-state index in [0.717, 1.165) is 24.6 Å². The summed E-state index contributed by atoms with van der Waals surface area (Å²) in [6, 6.07) is 16.0. The lowest BCUT2D eigenvalue weighted by atomic mass is 10.1. The van der Waals surface area contributed by atoms with E-state index in [9.17, 15) is 4.79 Å². The van der Waals surface area contributed by atoms with Crippen molar-refractivity contribution in [1.29, 1.82) is 0 Å². The lowest BCUT2D eigenvalue weighted by molar-refractivity contribution is -0.114. The van der Waals surface area contributed by atoms with Crippen molar-refractivity contribution in [1.82, 2.24) is 10.2 Å². The SMILES string of the molecule is CCc1ccc(CN(C)C(=NC)NCCOc2cccc(NC(C)=O)c2)cc1. The monoisotopic (exact) mass is 382 g/mol. The second kappa shape index (κ2) is 11.0. The summed E-state index contributed by atoms with van der Waals surface area (Å²) in [5, 5.41) is 6.06. The molecule has 2 rings (SSSR count). The molecule has 0 aliphatic rings. The Labute approximate surface area is 167 Å². The Hall–Kier alpha value is -3.02. The molecule has 150 valence electrons. The third-order valence-electron chi connectivity index (χ3n) is 4.23. The number of hydrogen-bond acceptors (Lipinski definition) is 3. The molecule has 0 aliphatic heterocycles. The molecule has 0 unspecified atom stereocenters. The van der Waals surface area contributed by atoms with Gasteiger partial charge in [-0.05, 0) is 29.7 Å². The predicted molar refractivity (Wildman–Crippen MR) is 115 cm³/mol. The molecule has 0 aromatic heterocycles. The largest absolute Gasteiger partial charge is 0.492 e. The fraction of sp³-hybridized carbons (Fsp3) is 0.364. The van der Waals surface area contributed by atoms with E-state index in [2.05, 4.69) is 51.7 Å². The minimum absolute atomic E-state index is 0.102. The van der Waals surface area contributed by atoms with Gasteiger partial charge in [0.15, 0.2) is 5.96 Å². The van der Waals surface area contributed by atoms with Crippen LogP contribution in [0.15, 0.2) is 53.5 Å². The summed E-state index contributed by atoms with van der Waals surface area (Å²) in [5.74, 6) is 1.43. The van der Waals surface area contributed by atoms with Crippen molar-refractivity contribution in [3.63, 3.8) is 0 Å². The molecule has 0 fully saturated rings. The number of nitrogens with zero attached hydrogens (tertiary/aromatic N) is 2. The highest BCUT2D eigenvalue weighted by Crippen LogP contribution is 2.17. The number of aryl methyl sites for hydroxylation is 1. The third-order valence-corrected chi connectivity index (χ3v) is 4.23. The Morgan fingerprint density at radius 2 is 1.86 bits per heavy atom. The first kappa shape index (κ1) is 21.3. The first-order chi connectivity index (χ1) is 13.5. The van der Waals surface area contributed by atoms with Gasteiger partial charge in [0.1, 0.15) is 12.4 Å². The topological polar surface area (TPSA) is 66.0 Å². The van der Waals surface area contributed by atoms with Gasteiger partial charge in [0.2, 0.25) is 5.91 Å². The van der Waals surface area contributed by atoms with Gasteiger partial charge in [-0.3, -0.25) is 9.79 Å². The molecule has 2 N–H and O–H groups in total. The summed E-state index contributed by atoms with van der Waals surface area (Å²) >= 11 is 0. The average molecular weight is 383 g/mol. The molecule has 28 heavy (non-hydrogen) atoms. The Bertz CT molecular complexity index is 787. The zero-order valence-electron chi connectivity index (χ0n) is 17.2. The van der Waals surface area contributed by atoms with E-state index in [1.54, 1.807) is 7.05 Å². The van der Waals surface area contributed by atoms with Gasteiger partial charge < -0.3 is 20.3 Å². The highest BCUT2D eigenvalue weighted by atomic mass is 16.5. The first-order valence-corrected chi connectivity index (χ1v) is 9.52. The van der Waals surface area contributed by atoms with Crippen LogP contribution in [0.2, 0.25) is 0 Å². The minimum atomic E-state index is -0.102. The number of rotatable bonds is 8. The molecule has 0 aliphatic carbocycles. The number of hydrogen-bond donors (Lipinski definition) is 2. The molecule has 0 saturated carbocycles. The van der Waals surface area contributed by atoms with Gasteiger partial charge in [0, 0.05) is 39.3 Å². The molecule has 6 nitrogen and oxygen atoms in total. The number of amides is 1. The van der Waals surface area contributed by atoms with E-state index < -0.39 is 0 Å². The lowest BCUT2D eigenvalue weighted by Gasteiger charge is -2.22. The molecule has 2 aromatic rings. The van der Waals surface area contributed by atoms with Gasteiger partial charge in [-0.25, -0.2) is 0 Å². The number of guanidine groups is 1. The average Bonchev–Trinajstić information content (AvgIpc) is 2.68. The predicted octanol–water partition coefficient (Wildman–Crippen LogP) is 3.29. The fourth-order valence-corrected chi connectivity index (χ4v) is 2.81. The molecule has 6 heteroatoms. The maximum Gasteiger partial charge on any atom is 0.221 e. The molecule has 1 amide bonds. The van der Waals surface area contributed by atoms with Crippen LogP contribution in [0.25, 0.3) is 0 Å². The number of aliphatic imine (C=N–C) groups is 1. The van der Waals surface area contributed by atoms with Crippen LogP contribution in [0, 0.1) is 0 Å². The first-order valence-electron chi connectivity index (χ1n) is 9.52. The van der Waals surface area contributed by atoms with Crippen LogP contribution in [0.3, 0.4) is 0 Å². The number of nitrogens with one attached hydrogen (secondary N) is 2. The van der Waals surface area contributed by atoms with Crippen molar-refractivity contribution in [2.24, 2.45) is 4.99 Å². The van der Waals surface area contributed by atoms with Gasteiger partial charge in [-0.2, -0.15) is 0 Å². The molecular formula is C22H30N4O2. The normalized spacial score (nSPS) is 11.1. The van der Waals surface area contributed by atoms with Crippen LogP contribution >= 0.6 is 0 Å². The Morgan fingerprint density at radius 3 is 2.50 bits per heavy atom. The Kier molecular flexibility index (Phi) is 8.34. The third kappa shape index (κ3) is 6.95. The molecule has 0 bridgehead atoms. The summed E-state index contributed by atoms with van der Waals surface area (Å²) in [6.07, 6.45) is 1.05. The summed E-state index contributed by atoms with van der Waals surface area (Å²) < 4.78 is 5.76. The minimum Gasteiger partial charge on any atom is -0.492 e. The van der Waals surface area contributed by atoms with Crippen LogP contribution < -0.4 is 15.4 Å². The van der Waals surface area contributed by atoms with Gasteiger partial charge in [-0.15, -0.1) is 0 Å². The maximum absolute atomic E-state index is 11.1. The Morgan fingerprint density at radius 1 is 1.14 bits per heavy atom. The second-order valence-corrected chi connectivity index (χ2v) is 6.56. The van der Waals surface area contributed by atoms with Gasteiger partial charge in [0.25, 0.3) is 0 Å². The quantitative estimate of drug-likeness (QED) is 0.418. The standard InChI is InChI=1S/C22H30N4O2/c1-5-18-9-11-19(12-10-18)16-26(4)22(23-3)24-13-14-28-21-8-6-7-20(15-21)25-17(2)27/h6-12,15H,5,13-14,16H2,1-4H3,(H,23,24)(H,25,27). The molecule has 0 radical (unpaired) electrons. The van der Waals surface area contributed by atoms with Crippen molar-refractivity contribution in [2.45, 2.75) is 26.8 Å². The van der Waals surface area contributed by atoms with Crippen molar-refractivity contribution < 1.29 is 9.53 Å². The van der Waals surface area contributed by atoms with Crippen molar-refractivity contribution in [2.75, 3.05) is 32.6 Å². The zero-order chi connectivity index (χ0) is 20.4. The van der Waals surface area contributed by atoms with Crippen LogP contribution in [-0.4, -0.2) is 44.0 Å². The van der Waals surface area contributed by atoms with E-state index in [1.807, 2.05) is 31.3 Å². The number of anilines is 1. The van der Waals surface area contributed by atoms with E-state index in [0.29, 0.717) is 18.9 Å². The zero-order valence-corrected chi connectivity index (χ0v) is 17.2. The van der Waals surface area contributed by atoms with Crippen molar-refractivity contribution in [3.8, 4) is 5.75 Å². The van der Waals surface area contributed by atoms with E-state index in [1.165, 1.54) is 18.1 Å². The summed E-state index contributed by atoms with van der Waals surface area (Å²) in [5.41, 5.74) is 3.31. The maximum atomic E-state index is 11.1. The number of carbonyl (C=O) groups is 1. The van der Waals surface area contributed by atoms with Crippen molar-refractivity contribution in [3.05, 3.63) is 59.7 Å². The van der Waals surface area contributed by atoms with E-state index in [4.69, 9.17) is 4.74 Å². The number of carbonyl (C=O) groups excluding carboxylic acids is 1. The second-order valence-electron chi connectivity index (χ2n) is 6.56. The summed E-state index contributed by atoms with van der Waals surface area (Å²) in [6.45, 7) is 5.53. The van der Waals surface area contributed by atoms with Crippen LogP contribution in [0.1, 0.15) is 25.0 Å². The van der Waals surface area contributed by atoms with Gasteiger partial charge in [-0.1, -0.05) is 37.3 Å². The van der Waals surface area contributed by atoms with Crippen LogP contribution in [0.5, 0.6) is 5.75 Å². The smallest absolute Gasteiger partial charge is 0.221 e. The molecule has 2 aromatic carbocycles. The van der Waals surface area contributed by atoms with Gasteiger partial charge in [0.05, 0.1) is 6.54 Å². The highest BCUT2D eigenvalue weighted by molar-refractivity contribution is 5.88. The summed E-state index contributed by atoms with van der Waals surface area (Å²) in [4.78, 5) is 17.6. The number of benzene rings is 2. The molecule has 0 atom stereocenters. The molecule has 0 spiro atoms. The van der Waals surface area contributed by atoms with Gasteiger partial charge >= 0.3 is 0 Å². The highest BCUT2D eigenvalue weighted by Gasteiger charge is 2.06. The molecular weight excluding hydrogens is 352 g/mol. The van der Waals surface area contributed by atoms with Crippen LogP contribution in [0.4, 0.5) is 5.69 Å². The Balaban J connectivity index is 1.79. The van der Waals surface area contributed by atoms with Crippen LogP contribution in [-0.2, 0) is 17.8 Å². The van der Waals surface area contributed by atoms with Crippen molar-refractivity contribution >= 4 is 17.6 Å². The van der Waals surface area contributed by atoms with E-state index >= 15 is 0 Å². The lowest BCUT2D eigenvalue weighted by Crippen LogP contribution is -2.40.